The Kier molecular flexibility index (Phi) is 6.98. The van der Waals surface area contributed by atoms with Crippen molar-refractivity contribution in [1.29, 1.82) is 0 Å². The Balaban J connectivity index is 1.75. The lowest BCUT2D eigenvalue weighted by molar-refractivity contribution is -0.137. The molecule has 0 spiro atoms. The lowest BCUT2D eigenvalue weighted by Crippen LogP contribution is -2.21. The Bertz CT molecular complexity index is 1370. The number of H-pyrrole nitrogens is 1. The number of nitrogens with zero attached hydrogens (tertiary/aromatic N) is 1. The van der Waals surface area contributed by atoms with E-state index in [-0.39, 0.29) is 15.8 Å². The third-order valence-corrected chi connectivity index (χ3v) is 7.29. The molecule has 0 fully saturated rings. The average Bonchev–Trinajstić information content (AvgIpc) is 2.73. The van der Waals surface area contributed by atoms with Crippen LogP contribution in [0.5, 0.6) is 0 Å². The van der Waals surface area contributed by atoms with Crippen LogP contribution in [0.3, 0.4) is 0 Å². The quantitative estimate of drug-likeness (QED) is 0.394. The highest BCUT2D eigenvalue weighted by Crippen LogP contribution is 2.34. The van der Waals surface area contributed by atoms with Gasteiger partial charge in [-0.15, -0.1) is 0 Å². The van der Waals surface area contributed by atoms with Crippen LogP contribution < -0.4 is 10.9 Å². The molecule has 1 aromatic heterocycles. The van der Waals surface area contributed by atoms with Gasteiger partial charge in [0.15, 0.2) is 10.1 Å². The summed E-state index contributed by atoms with van der Waals surface area (Å²) in [6.07, 6.45) is -3.74. The maximum Gasteiger partial charge on any atom is 0.418 e. The number of carbonyl (C=O) groups excluding carboxylic acids is 1. The van der Waals surface area contributed by atoms with Crippen molar-refractivity contribution < 1.29 is 26.4 Å². The standard InChI is InChI=1S/C21H18F3N3O4S2/c1-12-7-8-13(2)16(9-12)33(30,31)17-10-25-20(27-19(17)29)32-11-18(28)26-15-6-4-3-5-14(15)21(22,23)24/h3-10H,11H2,1-2H3,(H,26,28)(H,25,27,29). The third kappa shape index (κ3) is 5.63. The molecule has 33 heavy (non-hydrogen) atoms. The smallest absolute Gasteiger partial charge is 0.325 e. The summed E-state index contributed by atoms with van der Waals surface area (Å²) in [6.45, 7) is 3.33. The minimum Gasteiger partial charge on any atom is -0.325 e. The van der Waals surface area contributed by atoms with Crippen molar-refractivity contribution in [2.75, 3.05) is 11.1 Å². The molecular formula is C21H18F3N3O4S2. The van der Waals surface area contributed by atoms with Gasteiger partial charge in [-0.1, -0.05) is 36.0 Å². The number of benzene rings is 2. The molecule has 7 nitrogen and oxygen atoms in total. The normalized spacial score (nSPS) is 11.9. The van der Waals surface area contributed by atoms with Gasteiger partial charge in [-0.2, -0.15) is 13.2 Å². The van der Waals surface area contributed by atoms with Crippen molar-refractivity contribution in [1.82, 2.24) is 9.97 Å². The zero-order chi connectivity index (χ0) is 24.4. The van der Waals surface area contributed by atoms with Gasteiger partial charge in [0.05, 0.1) is 28.1 Å². The number of para-hydroxylation sites is 1. The molecule has 2 N–H and O–H groups in total. The lowest BCUT2D eigenvalue weighted by Gasteiger charge is -2.13. The first-order valence-electron chi connectivity index (χ1n) is 9.40. The number of carbonyl (C=O) groups is 1. The Morgan fingerprint density at radius 1 is 1.12 bits per heavy atom. The molecule has 0 aliphatic carbocycles. The van der Waals surface area contributed by atoms with Crippen LogP contribution in [0.25, 0.3) is 0 Å². The van der Waals surface area contributed by atoms with E-state index in [4.69, 9.17) is 0 Å². The lowest BCUT2D eigenvalue weighted by atomic mass is 10.1. The second kappa shape index (κ2) is 9.40. The Labute approximate surface area is 191 Å². The molecule has 3 aromatic rings. The number of nitrogens with one attached hydrogen (secondary N) is 2. The van der Waals surface area contributed by atoms with Crippen LogP contribution in [-0.4, -0.2) is 30.0 Å². The van der Waals surface area contributed by atoms with Crippen molar-refractivity contribution >= 4 is 33.2 Å². The average molecular weight is 498 g/mol. The molecule has 0 saturated heterocycles. The number of halogens is 3. The molecule has 174 valence electrons. The van der Waals surface area contributed by atoms with Crippen molar-refractivity contribution in [3.8, 4) is 0 Å². The molecule has 0 aliphatic rings. The fourth-order valence-corrected chi connectivity index (χ4v) is 5.09. The summed E-state index contributed by atoms with van der Waals surface area (Å²) in [5, 5.41) is 2.12. The molecule has 1 heterocycles. The van der Waals surface area contributed by atoms with Crippen molar-refractivity contribution in [3.63, 3.8) is 0 Å². The number of sulfone groups is 1. The Morgan fingerprint density at radius 2 is 1.82 bits per heavy atom. The summed E-state index contributed by atoms with van der Waals surface area (Å²) in [6, 6.07) is 9.35. The van der Waals surface area contributed by atoms with E-state index >= 15 is 0 Å². The van der Waals surface area contributed by atoms with Gasteiger partial charge in [-0.05, 0) is 43.2 Å². The van der Waals surface area contributed by atoms with Crippen molar-refractivity contribution in [2.45, 2.75) is 35.0 Å². The van der Waals surface area contributed by atoms with Crippen LogP contribution in [0.15, 0.2) is 68.4 Å². The largest absolute Gasteiger partial charge is 0.418 e. The van der Waals surface area contributed by atoms with E-state index in [9.17, 15) is 31.2 Å². The maximum absolute atomic E-state index is 13.0. The van der Waals surface area contributed by atoms with E-state index < -0.39 is 43.6 Å². The number of aromatic amines is 1. The van der Waals surface area contributed by atoms with E-state index in [2.05, 4.69) is 15.3 Å². The van der Waals surface area contributed by atoms with Crippen LogP contribution in [0.1, 0.15) is 16.7 Å². The molecular weight excluding hydrogens is 479 g/mol. The molecule has 0 aliphatic heterocycles. The maximum atomic E-state index is 13.0. The summed E-state index contributed by atoms with van der Waals surface area (Å²) in [4.78, 5) is 30.2. The molecule has 12 heteroatoms. The first-order valence-corrected chi connectivity index (χ1v) is 11.9. The minimum absolute atomic E-state index is 0.0158. The first kappa shape index (κ1) is 24.5. The van der Waals surface area contributed by atoms with Gasteiger partial charge < -0.3 is 10.3 Å². The van der Waals surface area contributed by atoms with Gasteiger partial charge in [0.25, 0.3) is 5.56 Å². The second-order valence-electron chi connectivity index (χ2n) is 7.03. The summed E-state index contributed by atoms with van der Waals surface area (Å²) >= 11 is 0.741. The minimum atomic E-state index is -4.64. The van der Waals surface area contributed by atoms with Crippen LogP contribution in [0, 0.1) is 13.8 Å². The summed E-state index contributed by atoms with van der Waals surface area (Å²) in [5.74, 6) is -1.12. The number of aryl methyl sites for hydroxylation is 2. The van der Waals surface area contributed by atoms with Crippen LogP contribution in [-0.2, 0) is 20.8 Å². The SMILES string of the molecule is Cc1ccc(C)c(S(=O)(=O)c2cnc(SCC(=O)Nc3ccccc3C(F)(F)F)[nH]c2=O)c1. The number of hydrogen-bond donors (Lipinski definition) is 2. The summed E-state index contributed by atoms with van der Waals surface area (Å²) in [7, 11) is -4.13. The van der Waals surface area contributed by atoms with E-state index in [1.54, 1.807) is 26.0 Å². The van der Waals surface area contributed by atoms with Gasteiger partial charge in [-0.3, -0.25) is 9.59 Å². The number of hydrogen-bond acceptors (Lipinski definition) is 6. The van der Waals surface area contributed by atoms with Gasteiger partial charge >= 0.3 is 6.18 Å². The van der Waals surface area contributed by atoms with E-state index in [0.29, 0.717) is 11.1 Å². The highest BCUT2D eigenvalue weighted by atomic mass is 32.2. The Hall–Kier alpha value is -3.12. The van der Waals surface area contributed by atoms with Gasteiger partial charge in [0, 0.05) is 0 Å². The predicted octanol–water partition coefficient (Wildman–Crippen LogP) is 3.97. The fourth-order valence-electron chi connectivity index (χ4n) is 2.91. The molecule has 0 radical (unpaired) electrons. The van der Waals surface area contributed by atoms with Crippen LogP contribution >= 0.6 is 11.8 Å². The van der Waals surface area contributed by atoms with Crippen LogP contribution in [0.2, 0.25) is 0 Å². The monoisotopic (exact) mass is 497 g/mol. The van der Waals surface area contributed by atoms with Gasteiger partial charge in [0.1, 0.15) is 0 Å². The molecule has 0 unspecified atom stereocenters. The van der Waals surface area contributed by atoms with Crippen molar-refractivity contribution in [3.05, 3.63) is 75.7 Å². The highest BCUT2D eigenvalue weighted by molar-refractivity contribution is 7.99. The number of rotatable bonds is 6. The van der Waals surface area contributed by atoms with Crippen molar-refractivity contribution in [2.24, 2.45) is 0 Å². The predicted molar refractivity (Wildman–Crippen MR) is 117 cm³/mol. The zero-order valence-electron chi connectivity index (χ0n) is 17.4. The van der Waals surface area contributed by atoms with Gasteiger partial charge in [0.2, 0.25) is 15.7 Å². The molecule has 0 bridgehead atoms. The number of amides is 1. The number of alkyl halides is 3. The molecule has 0 saturated carbocycles. The fraction of sp³-hybridized carbons (Fsp3) is 0.190. The molecule has 2 aromatic carbocycles. The van der Waals surface area contributed by atoms with E-state index in [0.717, 1.165) is 30.1 Å². The summed E-state index contributed by atoms with van der Waals surface area (Å²) < 4.78 is 64.9. The summed E-state index contributed by atoms with van der Waals surface area (Å²) in [5.41, 5.74) is -1.14. The third-order valence-electron chi connectivity index (χ3n) is 4.51. The molecule has 3 rings (SSSR count). The topological polar surface area (TPSA) is 109 Å². The van der Waals surface area contributed by atoms with Crippen LogP contribution in [0.4, 0.5) is 18.9 Å². The van der Waals surface area contributed by atoms with E-state index in [1.165, 1.54) is 18.2 Å². The zero-order valence-corrected chi connectivity index (χ0v) is 19.0. The Morgan fingerprint density at radius 3 is 2.48 bits per heavy atom. The number of aromatic nitrogens is 2. The highest BCUT2D eigenvalue weighted by Gasteiger charge is 2.33. The molecule has 1 amide bonds. The van der Waals surface area contributed by atoms with Gasteiger partial charge in [-0.25, -0.2) is 13.4 Å². The first-order chi connectivity index (χ1) is 15.4. The number of anilines is 1. The number of thioether (sulfide) groups is 1. The molecule has 0 atom stereocenters. The second-order valence-corrected chi connectivity index (χ2v) is 9.88. The van der Waals surface area contributed by atoms with E-state index in [1.807, 2.05) is 0 Å².